The van der Waals surface area contributed by atoms with Gasteiger partial charge >= 0.3 is 0 Å². The number of H-pyrrole nitrogens is 1. The fraction of sp³-hybridized carbons (Fsp3) is 0.448. The van der Waals surface area contributed by atoms with Crippen molar-refractivity contribution >= 4 is 16.6 Å². The van der Waals surface area contributed by atoms with E-state index in [2.05, 4.69) is 70.1 Å². The average Bonchev–Trinajstić information content (AvgIpc) is 3.42. The van der Waals surface area contributed by atoms with Crippen LogP contribution in [0.5, 0.6) is 5.75 Å². The van der Waals surface area contributed by atoms with E-state index < -0.39 is 0 Å². The number of nitrogens with one attached hydrogen (secondary N) is 1. The molecule has 9 heteroatoms. The summed E-state index contributed by atoms with van der Waals surface area (Å²) in [5, 5.41) is 14.1. The number of anilines is 1. The van der Waals surface area contributed by atoms with E-state index in [9.17, 15) is 4.79 Å². The van der Waals surface area contributed by atoms with E-state index in [0.29, 0.717) is 11.4 Å². The molecule has 0 aliphatic carbocycles. The smallest absolute Gasteiger partial charge is 0.253 e. The van der Waals surface area contributed by atoms with Gasteiger partial charge in [0, 0.05) is 37.1 Å². The summed E-state index contributed by atoms with van der Waals surface area (Å²) in [5.74, 6) is 1.56. The number of methoxy groups -OCH3 is 1. The third-order valence-corrected chi connectivity index (χ3v) is 8.05. The van der Waals surface area contributed by atoms with Gasteiger partial charge in [-0.1, -0.05) is 31.2 Å². The molecule has 1 aliphatic rings. The van der Waals surface area contributed by atoms with Crippen molar-refractivity contribution < 1.29 is 4.74 Å². The molecule has 1 aliphatic heterocycles. The SMILES string of the molecule is CCC(C)(C)n1nnnc1[C@H](c1cc2c(C)ccc(C)c2[nH]c1=O)N1CCN(c2ccccc2OC)CC1. The Labute approximate surface area is 223 Å². The van der Waals surface area contributed by atoms with E-state index in [1.807, 2.05) is 41.9 Å². The Bertz CT molecular complexity index is 1500. The number of aromatic nitrogens is 5. The van der Waals surface area contributed by atoms with Crippen molar-refractivity contribution in [2.45, 2.75) is 52.6 Å². The van der Waals surface area contributed by atoms with Crippen LogP contribution in [0.3, 0.4) is 0 Å². The highest BCUT2D eigenvalue weighted by molar-refractivity contribution is 5.85. The van der Waals surface area contributed by atoms with Gasteiger partial charge in [-0.2, -0.15) is 0 Å². The molecule has 200 valence electrons. The zero-order valence-electron chi connectivity index (χ0n) is 23.2. The molecular formula is C29H37N7O2. The predicted octanol–water partition coefficient (Wildman–Crippen LogP) is 4.20. The number of pyridine rings is 1. The molecule has 0 amide bonds. The lowest BCUT2D eigenvalue weighted by Gasteiger charge is -2.40. The minimum atomic E-state index is -0.385. The van der Waals surface area contributed by atoms with Gasteiger partial charge in [0.25, 0.3) is 5.56 Å². The number of rotatable bonds is 7. The summed E-state index contributed by atoms with van der Waals surface area (Å²) in [6.07, 6.45) is 0.853. The molecule has 9 nitrogen and oxygen atoms in total. The van der Waals surface area contributed by atoms with Crippen molar-refractivity contribution in [2.75, 3.05) is 38.2 Å². The van der Waals surface area contributed by atoms with Crippen LogP contribution in [0.2, 0.25) is 0 Å². The molecule has 0 radical (unpaired) electrons. The number of piperazine rings is 1. The van der Waals surface area contributed by atoms with Crippen molar-refractivity contribution in [1.82, 2.24) is 30.1 Å². The molecule has 0 saturated carbocycles. The number of hydrogen-bond donors (Lipinski definition) is 1. The summed E-state index contributed by atoms with van der Waals surface area (Å²) in [5.41, 5.74) is 4.40. The zero-order valence-corrected chi connectivity index (χ0v) is 23.2. The maximum Gasteiger partial charge on any atom is 0.253 e. The van der Waals surface area contributed by atoms with E-state index >= 15 is 0 Å². The zero-order chi connectivity index (χ0) is 27.0. The minimum absolute atomic E-state index is 0.104. The summed E-state index contributed by atoms with van der Waals surface area (Å²) in [6, 6.07) is 13.9. The van der Waals surface area contributed by atoms with Gasteiger partial charge in [0.05, 0.1) is 23.9 Å². The van der Waals surface area contributed by atoms with Crippen LogP contribution in [0.15, 0.2) is 47.3 Å². The molecule has 5 rings (SSSR count). The van der Waals surface area contributed by atoms with Crippen LogP contribution < -0.4 is 15.2 Å². The molecule has 3 heterocycles. The summed E-state index contributed by atoms with van der Waals surface area (Å²) < 4.78 is 7.51. The van der Waals surface area contributed by atoms with Crippen LogP contribution in [0, 0.1) is 13.8 Å². The topological polar surface area (TPSA) is 92.2 Å². The van der Waals surface area contributed by atoms with E-state index in [0.717, 1.165) is 66.1 Å². The maximum absolute atomic E-state index is 13.7. The van der Waals surface area contributed by atoms with E-state index in [-0.39, 0.29) is 17.1 Å². The van der Waals surface area contributed by atoms with Gasteiger partial charge in [0.15, 0.2) is 5.82 Å². The molecule has 1 fully saturated rings. The third kappa shape index (κ3) is 4.55. The Kier molecular flexibility index (Phi) is 6.96. The van der Waals surface area contributed by atoms with Crippen molar-refractivity contribution in [3.8, 4) is 5.75 Å². The van der Waals surface area contributed by atoms with E-state index in [4.69, 9.17) is 4.74 Å². The Morgan fingerprint density at radius 3 is 2.47 bits per heavy atom. The molecule has 2 aromatic carbocycles. The number of aromatic amines is 1. The van der Waals surface area contributed by atoms with Gasteiger partial charge in [0.1, 0.15) is 11.8 Å². The average molecular weight is 516 g/mol. The van der Waals surface area contributed by atoms with Crippen LogP contribution in [-0.2, 0) is 5.54 Å². The minimum Gasteiger partial charge on any atom is -0.495 e. The molecule has 2 aromatic heterocycles. The highest BCUT2D eigenvalue weighted by Gasteiger charge is 2.36. The van der Waals surface area contributed by atoms with Crippen molar-refractivity contribution in [3.63, 3.8) is 0 Å². The largest absolute Gasteiger partial charge is 0.495 e. The van der Waals surface area contributed by atoms with Gasteiger partial charge in [0.2, 0.25) is 0 Å². The predicted molar refractivity (Wildman–Crippen MR) is 150 cm³/mol. The van der Waals surface area contributed by atoms with Gasteiger partial charge in [-0.15, -0.1) is 5.10 Å². The highest BCUT2D eigenvalue weighted by Crippen LogP contribution is 2.34. The second-order valence-corrected chi connectivity index (χ2v) is 10.8. The number of para-hydroxylation sites is 2. The summed E-state index contributed by atoms with van der Waals surface area (Å²) in [4.78, 5) is 21.5. The van der Waals surface area contributed by atoms with Crippen molar-refractivity contribution in [1.29, 1.82) is 0 Å². The van der Waals surface area contributed by atoms with Crippen molar-refractivity contribution in [3.05, 3.63) is 75.3 Å². The van der Waals surface area contributed by atoms with Crippen LogP contribution >= 0.6 is 0 Å². The molecule has 1 atom stereocenters. The fourth-order valence-corrected chi connectivity index (χ4v) is 5.35. The van der Waals surface area contributed by atoms with Crippen LogP contribution in [0.1, 0.15) is 55.7 Å². The van der Waals surface area contributed by atoms with E-state index in [1.165, 1.54) is 0 Å². The quantitative estimate of drug-likeness (QED) is 0.394. The van der Waals surface area contributed by atoms with Gasteiger partial charge < -0.3 is 14.6 Å². The molecule has 4 aromatic rings. The Morgan fingerprint density at radius 2 is 1.76 bits per heavy atom. The number of benzene rings is 2. The second kappa shape index (κ2) is 10.2. The summed E-state index contributed by atoms with van der Waals surface area (Å²) >= 11 is 0. The highest BCUT2D eigenvalue weighted by atomic mass is 16.5. The molecule has 38 heavy (non-hydrogen) atoms. The maximum atomic E-state index is 13.7. The first-order valence-electron chi connectivity index (χ1n) is 13.3. The normalized spacial score (nSPS) is 15.7. The lowest BCUT2D eigenvalue weighted by molar-refractivity contribution is 0.186. The van der Waals surface area contributed by atoms with E-state index in [1.54, 1.807) is 7.11 Å². The number of hydrogen-bond acceptors (Lipinski definition) is 7. The first kappa shape index (κ1) is 25.9. The monoisotopic (exact) mass is 515 g/mol. The first-order valence-corrected chi connectivity index (χ1v) is 13.3. The first-order chi connectivity index (χ1) is 18.2. The number of tetrazole rings is 1. The van der Waals surface area contributed by atoms with Crippen LogP contribution in [0.4, 0.5) is 5.69 Å². The molecule has 0 spiro atoms. The van der Waals surface area contributed by atoms with Gasteiger partial charge in [-0.3, -0.25) is 9.69 Å². The summed E-state index contributed by atoms with van der Waals surface area (Å²) in [7, 11) is 1.70. The second-order valence-electron chi connectivity index (χ2n) is 10.8. The Morgan fingerprint density at radius 1 is 1.05 bits per heavy atom. The van der Waals surface area contributed by atoms with Crippen molar-refractivity contribution in [2.24, 2.45) is 0 Å². The Hall–Kier alpha value is -3.72. The number of ether oxygens (including phenoxy) is 1. The lowest BCUT2D eigenvalue weighted by Crippen LogP contribution is -2.49. The van der Waals surface area contributed by atoms with Crippen LogP contribution in [-0.4, -0.2) is 63.4 Å². The Balaban J connectivity index is 1.59. The molecule has 1 N–H and O–H groups in total. The molecule has 1 saturated heterocycles. The fourth-order valence-electron chi connectivity index (χ4n) is 5.35. The third-order valence-electron chi connectivity index (χ3n) is 8.05. The number of aryl methyl sites for hydroxylation is 2. The summed E-state index contributed by atoms with van der Waals surface area (Å²) in [6.45, 7) is 13.5. The number of fused-ring (bicyclic) bond motifs is 1. The lowest BCUT2D eigenvalue weighted by atomic mass is 9.97. The van der Waals surface area contributed by atoms with Gasteiger partial charge in [-0.05, 0) is 73.9 Å². The molecule has 0 bridgehead atoms. The molecular weight excluding hydrogens is 478 g/mol. The standard InChI is InChI=1S/C29H37N7O2/c1-7-29(4,5)36-27(31-32-33-36)26(22-18-21-19(2)12-13-20(3)25(21)30-28(22)37)35-16-14-34(15-17-35)23-10-8-9-11-24(23)38-6/h8-13,18,26H,7,14-17H2,1-6H3,(H,30,37)/t26-/m0/s1. The van der Waals surface area contributed by atoms with Gasteiger partial charge in [-0.25, -0.2) is 4.68 Å². The number of nitrogens with zero attached hydrogens (tertiary/aromatic N) is 6. The van der Waals surface area contributed by atoms with Crippen LogP contribution in [0.25, 0.3) is 10.9 Å². The molecule has 0 unspecified atom stereocenters.